The van der Waals surface area contributed by atoms with Crippen LogP contribution in [-0.4, -0.2) is 22.8 Å². The normalized spacial score (nSPS) is 11.5. The molecule has 0 bridgehead atoms. The molecular weight excluding hydrogens is 580 g/mol. The Labute approximate surface area is 280 Å². The predicted molar refractivity (Wildman–Crippen MR) is 192 cm³/mol. The number of ketones is 1. The first-order valence-electron chi connectivity index (χ1n) is 17.0. The zero-order valence-corrected chi connectivity index (χ0v) is 28.5. The van der Waals surface area contributed by atoms with Crippen LogP contribution in [0, 0.1) is 11.8 Å². The molecule has 0 radical (unpaired) electrons. The van der Waals surface area contributed by atoms with Crippen molar-refractivity contribution in [2.75, 3.05) is 11.9 Å². The highest BCUT2D eigenvalue weighted by Gasteiger charge is 2.19. The van der Waals surface area contributed by atoms with Gasteiger partial charge in [-0.1, -0.05) is 82.3 Å². The zero-order valence-electron chi connectivity index (χ0n) is 28.5. The van der Waals surface area contributed by atoms with Crippen molar-refractivity contribution < 1.29 is 14.3 Å². The molecule has 0 spiro atoms. The quantitative estimate of drug-likeness (QED) is 0.0926. The molecule has 0 fully saturated rings. The molecule has 5 nitrogen and oxygen atoms in total. The summed E-state index contributed by atoms with van der Waals surface area (Å²) in [5.74, 6) is 1.01. The van der Waals surface area contributed by atoms with Gasteiger partial charge >= 0.3 is 5.97 Å². The lowest BCUT2D eigenvalue weighted by atomic mass is 9.93. The number of aromatic nitrogens is 1. The average molecular weight is 629 g/mol. The molecule has 1 N–H and O–H groups in total. The van der Waals surface area contributed by atoms with Crippen LogP contribution in [0.3, 0.4) is 0 Å². The van der Waals surface area contributed by atoms with Gasteiger partial charge in [-0.3, -0.25) is 9.59 Å². The monoisotopic (exact) mass is 628 g/mol. The molecule has 5 heteroatoms. The third-order valence-electron chi connectivity index (χ3n) is 8.49. The van der Waals surface area contributed by atoms with Crippen LogP contribution in [0.25, 0.3) is 5.52 Å². The molecule has 0 amide bonds. The second-order valence-electron chi connectivity index (χ2n) is 13.3. The van der Waals surface area contributed by atoms with Gasteiger partial charge in [0.2, 0.25) is 0 Å². The minimum absolute atomic E-state index is 0.0186. The highest BCUT2D eigenvalue weighted by molar-refractivity contribution is 6.13. The summed E-state index contributed by atoms with van der Waals surface area (Å²) < 4.78 is 7.13. The summed E-state index contributed by atoms with van der Waals surface area (Å²) in [6.07, 6.45) is 5.79. The van der Waals surface area contributed by atoms with Crippen LogP contribution in [0.2, 0.25) is 0 Å². The number of hydrogen-bond acceptors (Lipinski definition) is 4. The number of anilines is 1. The molecule has 5 rings (SSSR count). The summed E-state index contributed by atoms with van der Waals surface area (Å²) in [6.45, 7) is 11.2. The van der Waals surface area contributed by atoms with Crippen LogP contribution in [0.5, 0.6) is 0 Å². The van der Waals surface area contributed by atoms with E-state index in [0.717, 1.165) is 29.7 Å². The fraction of sp³-hybridized carbons (Fsp3) is 0.333. The van der Waals surface area contributed by atoms with Gasteiger partial charge in [-0.15, -0.1) is 0 Å². The van der Waals surface area contributed by atoms with Gasteiger partial charge in [0, 0.05) is 35.1 Å². The molecule has 244 valence electrons. The van der Waals surface area contributed by atoms with E-state index < -0.39 is 0 Å². The SMILES string of the molecule is CCOC(=O)CCCc1cc(C(=O)c2ccc(NC(c3ccc(CC(C)C)cc3)c3ccc(CC(C)C)cc3)cc2)c2ccccn12. The second-order valence-corrected chi connectivity index (χ2v) is 13.3. The van der Waals surface area contributed by atoms with Gasteiger partial charge in [0.15, 0.2) is 5.78 Å². The third-order valence-corrected chi connectivity index (χ3v) is 8.49. The van der Waals surface area contributed by atoms with Crippen molar-refractivity contribution in [1.29, 1.82) is 0 Å². The molecule has 2 aromatic heterocycles. The first kappa shape index (κ1) is 33.7. The van der Waals surface area contributed by atoms with E-state index in [1.165, 1.54) is 22.3 Å². The molecule has 2 heterocycles. The summed E-state index contributed by atoms with van der Waals surface area (Å²) in [5, 5.41) is 3.76. The number of rotatable bonds is 15. The van der Waals surface area contributed by atoms with Crippen LogP contribution in [0.1, 0.15) is 97.4 Å². The first-order chi connectivity index (χ1) is 22.7. The lowest BCUT2D eigenvalue weighted by Gasteiger charge is -2.22. The summed E-state index contributed by atoms with van der Waals surface area (Å²) in [6, 6.07) is 33.5. The molecule has 0 aliphatic heterocycles. The molecule has 5 aromatic rings. The average Bonchev–Trinajstić information content (AvgIpc) is 3.43. The summed E-state index contributed by atoms with van der Waals surface area (Å²) in [7, 11) is 0. The number of hydrogen-bond donors (Lipinski definition) is 1. The van der Waals surface area contributed by atoms with Crippen LogP contribution in [-0.2, 0) is 28.8 Å². The van der Waals surface area contributed by atoms with E-state index in [-0.39, 0.29) is 17.8 Å². The van der Waals surface area contributed by atoms with Crippen molar-refractivity contribution >= 4 is 23.0 Å². The Kier molecular flexibility index (Phi) is 11.3. The zero-order chi connectivity index (χ0) is 33.3. The third kappa shape index (κ3) is 8.79. The van der Waals surface area contributed by atoms with Crippen molar-refractivity contribution in [3.63, 3.8) is 0 Å². The van der Waals surface area contributed by atoms with Crippen molar-refractivity contribution in [3.8, 4) is 0 Å². The van der Waals surface area contributed by atoms with E-state index >= 15 is 0 Å². The van der Waals surface area contributed by atoms with Gasteiger partial charge in [-0.25, -0.2) is 0 Å². The smallest absolute Gasteiger partial charge is 0.305 e. The van der Waals surface area contributed by atoms with Crippen LogP contribution < -0.4 is 5.32 Å². The Morgan fingerprint density at radius 2 is 1.36 bits per heavy atom. The van der Waals surface area contributed by atoms with E-state index in [4.69, 9.17) is 4.74 Å². The van der Waals surface area contributed by atoms with E-state index in [2.05, 4.69) is 85.9 Å². The molecule has 3 aromatic carbocycles. The van der Waals surface area contributed by atoms with Crippen LogP contribution in [0.4, 0.5) is 5.69 Å². The Morgan fingerprint density at radius 3 is 1.91 bits per heavy atom. The Morgan fingerprint density at radius 1 is 0.766 bits per heavy atom. The Balaban J connectivity index is 1.37. The number of nitrogens with zero attached hydrogens (tertiary/aromatic N) is 1. The van der Waals surface area contributed by atoms with Crippen LogP contribution >= 0.6 is 0 Å². The molecular formula is C42H48N2O3. The summed E-state index contributed by atoms with van der Waals surface area (Å²) in [4.78, 5) is 25.7. The molecule has 0 unspecified atom stereocenters. The van der Waals surface area contributed by atoms with E-state index in [0.29, 0.717) is 48.8 Å². The highest BCUT2D eigenvalue weighted by atomic mass is 16.5. The maximum atomic E-state index is 13.8. The largest absolute Gasteiger partial charge is 0.466 e. The lowest BCUT2D eigenvalue weighted by Crippen LogP contribution is -2.13. The second kappa shape index (κ2) is 15.8. The number of nitrogens with one attached hydrogen (secondary N) is 1. The Bertz CT molecular complexity index is 1710. The number of benzene rings is 3. The predicted octanol–water partition coefficient (Wildman–Crippen LogP) is 9.65. The van der Waals surface area contributed by atoms with Crippen molar-refractivity contribution in [1.82, 2.24) is 4.40 Å². The number of esters is 1. The number of carbonyl (C=O) groups is 2. The highest BCUT2D eigenvalue weighted by Crippen LogP contribution is 2.29. The Hall–Kier alpha value is -4.64. The fourth-order valence-corrected chi connectivity index (χ4v) is 6.28. The van der Waals surface area contributed by atoms with Gasteiger partial charge < -0.3 is 14.5 Å². The van der Waals surface area contributed by atoms with E-state index in [1.54, 1.807) is 0 Å². The van der Waals surface area contributed by atoms with Gasteiger partial charge in [-0.05, 0) is 109 Å². The minimum Gasteiger partial charge on any atom is -0.466 e. The fourth-order valence-electron chi connectivity index (χ4n) is 6.28. The van der Waals surface area contributed by atoms with E-state index in [9.17, 15) is 9.59 Å². The summed E-state index contributed by atoms with van der Waals surface area (Å²) in [5.41, 5.74) is 9.22. The topological polar surface area (TPSA) is 59.8 Å². The minimum atomic E-state index is -0.188. The molecule has 0 saturated carbocycles. The number of aryl methyl sites for hydroxylation is 1. The van der Waals surface area contributed by atoms with Gasteiger partial charge in [-0.2, -0.15) is 0 Å². The molecule has 0 saturated heterocycles. The molecule has 0 aliphatic carbocycles. The first-order valence-corrected chi connectivity index (χ1v) is 17.0. The number of fused-ring (bicyclic) bond motifs is 1. The van der Waals surface area contributed by atoms with Gasteiger partial charge in [0.1, 0.15) is 0 Å². The van der Waals surface area contributed by atoms with Crippen molar-refractivity contribution in [2.24, 2.45) is 11.8 Å². The molecule has 0 atom stereocenters. The van der Waals surface area contributed by atoms with Crippen molar-refractivity contribution in [3.05, 3.63) is 142 Å². The number of carbonyl (C=O) groups excluding carboxylic acids is 2. The maximum Gasteiger partial charge on any atom is 0.305 e. The molecule has 0 aliphatic rings. The van der Waals surface area contributed by atoms with Gasteiger partial charge in [0.05, 0.1) is 18.2 Å². The number of pyridine rings is 1. The van der Waals surface area contributed by atoms with Crippen LogP contribution in [0.15, 0.2) is 103 Å². The lowest BCUT2D eigenvalue weighted by molar-refractivity contribution is -0.143. The van der Waals surface area contributed by atoms with Crippen molar-refractivity contribution in [2.45, 2.75) is 72.8 Å². The standard InChI is InChI=1S/C42H48N2O3/c1-6-47-40(45)12-9-10-37-28-38(39-11-7-8-25-44(37)39)42(46)35-21-23-36(24-22-35)43-41(33-17-13-31(14-18-33)26-29(2)3)34-19-15-32(16-20-34)27-30(4)5/h7-8,11,13-25,28-30,41,43H,6,9-10,12,26-27H2,1-5H3. The summed E-state index contributed by atoms with van der Waals surface area (Å²) >= 11 is 0. The van der Waals surface area contributed by atoms with E-state index in [1.807, 2.05) is 61.7 Å². The van der Waals surface area contributed by atoms with Gasteiger partial charge in [0.25, 0.3) is 0 Å². The number of ether oxygens (including phenoxy) is 1. The maximum absolute atomic E-state index is 13.8. The molecule has 47 heavy (non-hydrogen) atoms.